The van der Waals surface area contributed by atoms with E-state index in [2.05, 4.69) is 20.4 Å². The van der Waals surface area contributed by atoms with E-state index >= 15 is 0 Å². The van der Waals surface area contributed by atoms with Gasteiger partial charge in [-0.05, 0) is 24.6 Å². The van der Waals surface area contributed by atoms with Crippen LogP contribution in [0.2, 0.25) is 0 Å². The molecule has 0 aliphatic carbocycles. The molecule has 1 amide bonds. The smallest absolute Gasteiger partial charge is 0.280 e. The molecule has 2 aromatic rings. The van der Waals surface area contributed by atoms with E-state index in [4.69, 9.17) is 4.74 Å². The van der Waals surface area contributed by atoms with Crippen molar-refractivity contribution in [1.29, 1.82) is 0 Å². The van der Waals surface area contributed by atoms with E-state index in [9.17, 15) is 4.79 Å². The molecule has 0 saturated carbocycles. The number of hydroxylamine groups is 1. The number of aromatic nitrogens is 3. The molecule has 1 N–H and O–H groups in total. The molecule has 7 heteroatoms. The molecule has 0 radical (unpaired) electrons. The minimum absolute atomic E-state index is 0.379. The molecule has 7 nitrogen and oxygen atoms in total. The number of benzene rings is 1. The summed E-state index contributed by atoms with van der Waals surface area (Å²) in [5.41, 5.74) is 2.71. The fourth-order valence-corrected chi connectivity index (χ4v) is 1.81. The van der Waals surface area contributed by atoms with Crippen LogP contribution in [0.4, 0.5) is 0 Å². The lowest BCUT2D eigenvalue weighted by molar-refractivity contribution is -0.153. The summed E-state index contributed by atoms with van der Waals surface area (Å²) >= 11 is 0. The van der Waals surface area contributed by atoms with Crippen LogP contribution in [0.15, 0.2) is 36.9 Å². The molecule has 20 heavy (non-hydrogen) atoms. The maximum atomic E-state index is 12.0. The van der Waals surface area contributed by atoms with Crippen molar-refractivity contribution in [1.82, 2.24) is 20.2 Å². The molecule has 1 unspecified atom stereocenters. The first-order chi connectivity index (χ1) is 9.61. The van der Waals surface area contributed by atoms with Crippen molar-refractivity contribution in [2.75, 3.05) is 14.2 Å². The highest BCUT2D eigenvalue weighted by molar-refractivity contribution is 5.85. The Labute approximate surface area is 116 Å². The van der Waals surface area contributed by atoms with E-state index in [1.165, 1.54) is 20.5 Å². The summed E-state index contributed by atoms with van der Waals surface area (Å²) in [4.78, 5) is 20.6. The number of hydrogen-bond donors (Lipinski definition) is 1. The van der Waals surface area contributed by atoms with Gasteiger partial charge in [-0.2, -0.15) is 5.10 Å². The Balaban J connectivity index is 2.30. The first-order valence-electron chi connectivity index (χ1n) is 5.96. The zero-order valence-electron chi connectivity index (χ0n) is 11.5. The van der Waals surface area contributed by atoms with Gasteiger partial charge in [0, 0.05) is 7.11 Å². The Kier molecular flexibility index (Phi) is 4.11. The van der Waals surface area contributed by atoms with Crippen LogP contribution in [0, 0.1) is 0 Å². The fourth-order valence-electron chi connectivity index (χ4n) is 1.81. The SMILES string of the molecule is CONC(=O)C(C)(OC)c1ccc(-n2cncn2)cc1. The van der Waals surface area contributed by atoms with Gasteiger partial charge in [0.2, 0.25) is 0 Å². The summed E-state index contributed by atoms with van der Waals surface area (Å²) in [5, 5.41) is 4.04. The van der Waals surface area contributed by atoms with Crippen molar-refractivity contribution >= 4 is 5.91 Å². The van der Waals surface area contributed by atoms with Gasteiger partial charge in [-0.1, -0.05) is 12.1 Å². The topological polar surface area (TPSA) is 78.3 Å². The average molecular weight is 276 g/mol. The lowest BCUT2D eigenvalue weighted by Gasteiger charge is -2.26. The van der Waals surface area contributed by atoms with Gasteiger partial charge in [0.1, 0.15) is 12.7 Å². The zero-order valence-corrected chi connectivity index (χ0v) is 11.5. The number of hydrogen-bond acceptors (Lipinski definition) is 5. The summed E-state index contributed by atoms with van der Waals surface area (Å²) in [6.45, 7) is 1.67. The van der Waals surface area contributed by atoms with Crippen molar-refractivity contribution in [3.8, 4) is 5.69 Å². The predicted molar refractivity (Wildman–Crippen MR) is 70.9 cm³/mol. The summed E-state index contributed by atoms with van der Waals surface area (Å²) in [6, 6.07) is 7.27. The fraction of sp³-hybridized carbons (Fsp3) is 0.308. The number of nitrogens with zero attached hydrogens (tertiary/aromatic N) is 3. The molecule has 2 rings (SSSR count). The highest BCUT2D eigenvalue weighted by Crippen LogP contribution is 2.25. The maximum Gasteiger partial charge on any atom is 0.280 e. The number of rotatable bonds is 5. The molecule has 1 atom stereocenters. The van der Waals surface area contributed by atoms with E-state index in [1.807, 2.05) is 12.1 Å². The Morgan fingerprint density at radius 1 is 1.30 bits per heavy atom. The van der Waals surface area contributed by atoms with E-state index < -0.39 is 5.60 Å². The third-order valence-electron chi connectivity index (χ3n) is 3.14. The molecular weight excluding hydrogens is 260 g/mol. The lowest BCUT2D eigenvalue weighted by Crippen LogP contribution is -2.43. The van der Waals surface area contributed by atoms with Gasteiger partial charge in [-0.15, -0.1) is 0 Å². The molecule has 0 spiro atoms. The predicted octanol–water partition coefficient (Wildman–Crippen LogP) is 0.806. The van der Waals surface area contributed by atoms with Crippen LogP contribution in [0.3, 0.4) is 0 Å². The van der Waals surface area contributed by atoms with Crippen LogP contribution in [-0.2, 0) is 20.0 Å². The second kappa shape index (κ2) is 5.81. The molecule has 0 fully saturated rings. The third kappa shape index (κ3) is 2.54. The Bertz CT molecular complexity index is 568. The number of amides is 1. The molecule has 1 heterocycles. The van der Waals surface area contributed by atoms with Gasteiger partial charge in [-0.25, -0.2) is 15.1 Å². The molecule has 0 aliphatic heterocycles. The maximum absolute atomic E-state index is 12.0. The highest BCUT2D eigenvalue weighted by atomic mass is 16.6. The Morgan fingerprint density at radius 3 is 2.50 bits per heavy atom. The minimum atomic E-state index is -1.13. The highest BCUT2D eigenvalue weighted by Gasteiger charge is 2.35. The first kappa shape index (κ1) is 14.2. The molecular formula is C13H16N4O3. The monoisotopic (exact) mass is 276 g/mol. The van der Waals surface area contributed by atoms with Gasteiger partial charge in [-0.3, -0.25) is 9.63 Å². The molecule has 106 valence electrons. The average Bonchev–Trinajstić information content (AvgIpc) is 3.01. The quantitative estimate of drug-likeness (QED) is 0.817. The van der Waals surface area contributed by atoms with Crippen molar-refractivity contribution in [2.45, 2.75) is 12.5 Å². The van der Waals surface area contributed by atoms with Gasteiger partial charge < -0.3 is 4.74 Å². The Hall–Kier alpha value is -2.25. The number of ether oxygens (including phenoxy) is 1. The van der Waals surface area contributed by atoms with Crippen LogP contribution >= 0.6 is 0 Å². The number of carbonyl (C=O) groups is 1. The normalized spacial score (nSPS) is 13.8. The molecule has 0 aliphatic rings. The molecule has 0 saturated heterocycles. The van der Waals surface area contributed by atoms with Crippen molar-refractivity contribution in [2.24, 2.45) is 0 Å². The van der Waals surface area contributed by atoms with E-state index in [0.29, 0.717) is 5.56 Å². The second-order valence-electron chi connectivity index (χ2n) is 4.26. The van der Waals surface area contributed by atoms with Gasteiger partial charge in [0.25, 0.3) is 5.91 Å². The van der Waals surface area contributed by atoms with Crippen molar-refractivity contribution in [3.05, 3.63) is 42.5 Å². The molecule has 1 aromatic heterocycles. The van der Waals surface area contributed by atoms with Crippen LogP contribution in [0.5, 0.6) is 0 Å². The summed E-state index contributed by atoms with van der Waals surface area (Å²) in [7, 11) is 2.85. The lowest BCUT2D eigenvalue weighted by atomic mass is 9.95. The minimum Gasteiger partial charge on any atom is -0.364 e. The van der Waals surface area contributed by atoms with Crippen LogP contribution in [0.25, 0.3) is 5.69 Å². The van der Waals surface area contributed by atoms with E-state index in [0.717, 1.165) is 5.69 Å². The molecule has 0 bridgehead atoms. The van der Waals surface area contributed by atoms with Crippen LogP contribution in [0.1, 0.15) is 12.5 Å². The summed E-state index contributed by atoms with van der Waals surface area (Å²) < 4.78 is 6.97. The van der Waals surface area contributed by atoms with Gasteiger partial charge in [0.05, 0.1) is 12.8 Å². The largest absolute Gasteiger partial charge is 0.364 e. The van der Waals surface area contributed by atoms with Gasteiger partial charge >= 0.3 is 0 Å². The second-order valence-corrected chi connectivity index (χ2v) is 4.26. The van der Waals surface area contributed by atoms with Crippen molar-refractivity contribution < 1.29 is 14.4 Å². The number of nitrogens with one attached hydrogen (secondary N) is 1. The Morgan fingerprint density at radius 2 is 2.00 bits per heavy atom. The first-order valence-corrected chi connectivity index (χ1v) is 5.96. The summed E-state index contributed by atoms with van der Waals surface area (Å²) in [5.74, 6) is -0.379. The summed E-state index contributed by atoms with van der Waals surface area (Å²) in [6.07, 6.45) is 3.06. The van der Waals surface area contributed by atoms with E-state index in [-0.39, 0.29) is 5.91 Å². The van der Waals surface area contributed by atoms with Crippen LogP contribution < -0.4 is 5.48 Å². The standard InChI is InChI=1S/C13H16N4O3/c1-13(19-2,12(18)16-20-3)10-4-6-11(7-5-10)17-9-14-8-15-17/h4-9H,1-3H3,(H,16,18). The molecule has 1 aromatic carbocycles. The number of carbonyl (C=O) groups excluding carboxylic acids is 1. The van der Waals surface area contributed by atoms with Gasteiger partial charge in [0.15, 0.2) is 5.60 Å². The van der Waals surface area contributed by atoms with E-state index in [1.54, 1.807) is 30.1 Å². The van der Waals surface area contributed by atoms with Crippen molar-refractivity contribution in [3.63, 3.8) is 0 Å². The zero-order chi connectivity index (χ0) is 14.6. The van der Waals surface area contributed by atoms with Crippen LogP contribution in [-0.4, -0.2) is 34.9 Å². The third-order valence-corrected chi connectivity index (χ3v) is 3.14. The number of methoxy groups -OCH3 is 1.